The molecule has 1 amide bonds. The lowest BCUT2D eigenvalue weighted by molar-refractivity contribution is -0.132. The Hall–Kier alpha value is -2.12. The zero-order chi connectivity index (χ0) is 16.9. The van der Waals surface area contributed by atoms with E-state index in [1.54, 1.807) is 24.1 Å². The Morgan fingerprint density at radius 2 is 1.83 bits per heavy atom. The number of carbonyl (C=O) groups is 1. The molecule has 2 unspecified atom stereocenters. The number of halogens is 1. The summed E-state index contributed by atoms with van der Waals surface area (Å²) in [6, 6.07) is 16.8. The summed E-state index contributed by atoms with van der Waals surface area (Å²) in [5, 5.41) is 3.95. The van der Waals surface area contributed by atoms with Crippen molar-refractivity contribution >= 4 is 23.2 Å². The van der Waals surface area contributed by atoms with Crippen LogP contribution in [0.25, 0.3) is 0 Å². The molecule has 24 heavy (non-hydrogen) atoms. The van der Waals surface area contributed by atoms with E-state index in [1.165, 1.54) is 0 Å². The van der Waals surface area contributed by atoms with Gasteiger partial charge in [-0.2, -0.15) is 5.53 Å². The van der Waals surface area contributed by atoms with Crippen LogP contribution in [0.2, 0.25) is 5.02 Å². The highest BCUT2D eigenvalue weighted by molar-refractivity contribution is 6.30. The van der Waals surface area contributed by atoms with Gasteiger partial charge in [0, 0.05) is 24.3 Å². The van der Waals surface area contributed by atoms with Crippen LogP contribution in [-0.2, 0) is 11.3 Å². The summed E-state index contributed by atoms with van der Waals surface area (Å²) in [5.74, 6) is -0.0113. The first-order valence-electron chi connectivity index (χ1n) is 7.70. The molecule has 1 saturated heterocycles. The van der Waals surface area contributed by atoms with Gasteiger partial charge < -0.3 is 10.2 Å². The number of hydrogen-bond acceptors (Lipinski definition) is 5. The number of hydrazine groups is 2. The molecular weight excluding hydrogens is 326 g/mol. The number of nitrogens with one attached hydrogen (secondary N) is 4. The van der Waals surface area contributed by atoms with E-state index >= 15 is 0 Å². The maximum absolute atomic E-state index is 12.7. The summed E-state index contributed by atoms with van der Waals surface area (Å²) in [4.78, 5) is 14.4. The van der Waals surface area contributed by atoms with Crippen molar-refractivity contribution in [1.82, 2.24) is 21.3 Å². The first kappa shape index (κ1) is 16.7. The molecule has 0 spiro atoms. The molecule has 1 aliphatic rings. The average Bonchev–Trinajstić information content (AvgIpc) is 3.05. The van der Waals surface area contributed by atoms with Gasteiger partial charge in [-0.15, -0.1) is 0 Å². The van der Waals surface area contributed by atoms with Crippen LogP contribution in [0.5, 0.6) is 0 Å². The van der Waals surface area contributed by atoms with Crippen molar-refractivity contribution in [3.63, 3.8) is 0 Å². The number of hydrogen-bond donors (Lipinski definition) is 4. The molecule has 0 saturated carbocycles. The molecule has 0 aromatic heterocycles. The van der Waals surface area contributed by atoms with E-state index in [9.17, 15) is 4.79 Å². The van der Waals surface area contributed by atoms with Crippen LogP contribution in [0.4, 0.5) is 5.69 Å². The van der Waals surface area contributed by atoms with Crippen LogP contribution in [0.1, 0.15) is 5.56 Å². The van der Waals surface area contributed by atoms with Crippen molar-refractivity contribution in [1.29, 1.82) is 0 Å². The van der Waals surface area contributed by atoms with Crippen molar-refractivity contribution in [3.8, 4) is 0 Å². The fourth-order valence-corrected chi connectivity index (χ4v) is 2.71. The molecule has 0 radical (unpaired) electrons. The largest absolute Gasteiger partial charge is 0.367 e. The minimum atomic E-state index is -0.436. The molecule has 1 aliphatic heterocycles. The summed E-state index contributed by atoms with van der Waals surface area (Å²) >= 11 is 5.90. The summed E-state index contributed by atoms with van der Waals surface area (Å²) in [7, 11) is 1.80. The van der Waals surface area contributed by atoms with Gasteiger partial charge in [0.1, 0.15) is 12.2 Å². The lowest BCUT2D eigenvalue weighted by Gasteiger charge is -2.25. The van der Waals surface area contributed by atoms with E-state index in [4.69, 9.17) is 11.6 Å². The van der Waals surface area contributed by atoms with E-state index < -0.39 is 6.04 Å². The van der Waals surface area contributed by atoms with Gasteiger partial charge in [0.25, 0.3) is 0 Å². The number of rotatable bonds is 5. The van der Waals surface area contributed by atoms with E-state index in [1.807, 2.05) is 42.5 Å². The highest BCUT2D eigenvalue weighted by Crippen LogP contribution is 2.16. The van der Waals surface area contributed by atoms with Gasteiger partial charge >= 0.3 is 0 Å². The Balaban J connectivity index is 1.63. The van der Waals surface area contributed by atoms with E-state index in [-0.39, 0.29) is 12.1 Å². The Morgan fingerprint density at radius 3 is 2.54 bits per heavy atom. The molecule has 1 fully saturated rings. The summed E-state index contributed by atoms with van der Waals surface area (Å²) in [6.45, 7) is 0.561. The van der Waals surface area contributed by atoms with Crippen LogP contribution in [0, 0.1) is 0 Å². The molecular formula is C17H20ClN5O. The van der Waals surface area contributed by atoms with Crippen molar-refractivity contribution in [2.75, 3.05) is 12.4 Å². The molecule has 4 N–H and O–H groups in total. The fourth-order valence-electron chi connectivity index (χ4n) is 2.59. The molecule has 2 atom stereocenters. The summed E-state index contributed by atoms with van der Waals surface area (Å²) < 4.78 is 0. The number of carbonyl (C=O) groups excluding carboxylic acids is 1. The minimum absolute atomic E-state index is 0.0113. The van der Waals surface area contributed by atoms with Gasteiger partial charge in [0.05, 0.1) is 0 Å². The lowest BCUT2D eigenvalue weighted by atomic mass is 10.1. The Labute approximate surface area is 146 Å². The first-order chi connectivity index (χ1) is 11.6. The van der Waals surface area contributed by atoms with E-state index in [2.05, 4.69) is 21.7 Å². The average molecular weight is 346 g/mol. The molecule has 126 valence electrons. The highest BCUT2D eigenvalue weighted by atomic mass is 35.5. The fraction of sp³-hybridized carbons (Fsp3) is 0.235. The number of nitrogens with zero attached hydrogens (tertiary/aromatic N) is 1. The molecule has 3 rings (SSSR count). The van der Waals surface area contributed by atoms with Crippen molar-refractivity contribution in [3.05, 3.63) is 65.2 Å². The lowest BCUT2D eigenvalue weighted by Crippen LogP contribution is -2.50. The molecule has 2 aromatic rings. The van der Waals surface area contributed by atoms with Gasteiger partial charge in [0.2, 0.25) is 5.91 Å². The number of anilines is 1. The molecule has 0 aliphatic carbocycles. The maximum atomic E-state index is 12.7. The third-order valence-electron chi connectivity index (χ3n) is 3.86. The predicted octanol–water partition coefficient (Wildman–Crippen LogP) is 1.72. The SMILES string of the molecule is CN(Cc1ccccc1)C(=O)C1NNNC1Nc1ccc(Cl)cc1. The smallest absolute Gasteiger partial charge is 0.244 e. The van der Waals surface area contributed by atoms with Crippen LogP contribution in [0.3, 0.4) is 0 Å². The third-order valence-corrected chi connectivity index (χ3v) is 4.11. The summed E-state index contributed by atoms with van der Waals surface area (Å²) in [5.41, 5.74) is 10.8. The molecule has 2 aromatic carbocycles. The topological polar surface area (TPSA) is 68.4 Å². The zero-order valence-corrected chi connectivity index (χ0v) is 14.0. The highest BCUT2D eigenvalue weighted by Gasteiger charge is 2.34. The molecule has 6 nitrogen and oxygen atoms in total. The molecule has 7 heteroatoms. The van der Waals surface area contributed by atoms with E-state index in [0.29, 0.717) is 11.6 Å². The predicted molar refractivity (Wildman–Crippen MR) is 95.0 cm³/mol. The van der Waals surface area contributed by atoms with Crippen LogP contribution in [0.15, 0.2) is 54.6 Å². The van der Waals surface area contributed by atoms with Gasteiger partial charge in [0.15, 0.2) is 0 Å². The van der Waals surface area contributed by atoms with Crippen molar-refractivity contribution in [2.24, 2.45) is 0 Å². The monoisotopic (exact) mass is 345 g/mol. The van der Waals surface area contributed by atoms with Gasteiger partial charge in [-0.1, -0.05) is 41.9 Å². The second kappa shape index (κ2) is 7.63. The quantitative estimate of drug-likeness (QED) is 0.664. The Bertz CT molecular complexity index is 679. The third kappa shape index (κ3) is 4.04. The van der Waals surface area contributed by atoms with Crippen LogP contribution >= 0.6 is 11.6 Å². The van der Waals surface area contributed by atoms with Crippen molar-refractivity contribution < 1.29 is 4.79 Å². The normalized spacial score (nSPS) is 19.9. The van der Waals surface area contributed by atoms with Crippen LogP contribution in [-0.4, -0.2) is 30.1 Å². The second-order valence-corrected chi connectivity index (χ2v) is 6.14. The second-order valence-electron chi connectivity index (χ2n) is 5.70. The van der Waals surface area contributed by atoms with Crippen molar-refractivity contribution in [2.45, 2.75) is 18.8 Å². The van der Waals surface area contributed by atoms with Gasteiger partial charge in [-0.25, -0.2) is 10.9 Å². The first-order valence-corrected chi connectivity index (χ1v) is 8.08. The number of amides is 1. The zero-order valence-electron chi connectivity index (χ0n) is 13.3. The minimum Gasteiger partial charge on any atom is -0.367 e. The Morgan fingerprint density at radius 1 is 1.12 bits per heavy atom. The summed E-state index contributed by atoms with van der Waals surface area (Å²) in [6.07, 6.45) is -0.281. The maximum Gasteiger partial charge on any atom is 0.244 e. The number of benzene rings is 2. The Kier molecular flexibility index (Phi) is 5.32. The van der Waals surface area contributed by atoms with Crippen LogP contribution < -0.4 is 21.7 Å². The van der Waals surface area contributed by atoms with E-state index in [0.717, 1.165) is 11.3 Å². The standard InChI is InChI=1S/C17H20ClN5O/c1-23(11-12-5-3-2-4-6-12)17(24)15-16(21-22-20-15)19-14-9-7-13(18)8-10-14/h2-10,15-16,19-22H,11H2,1H3. The van der Waals surface area contributed by atoms with Gasteiger partial charge in [-0.3, -0.25) is 4.79 Å². The number of likely N-dealkylation sites (N-methyl/N-ethyl adjacent to an activating group) is 1. The molecule has 0 bridgehead atoms. The molecule has 1 heterocycles. The van der Waals surface area contributed by atoms with Gasteiger partial charge in [-0.05, 0) is 29.8 Å².